The number of pyridine rings is 1. The third-order valence-corrected chi connectivity index (χ3v) is 6.20. The minimum Gasteiger partial charge on any atom is -0.298 e. The van der Waals surface area contributed by atoms with Gasteiger partial charge in [0.05, 0.1) is 33.4 Å². The van der Waals surface area contributed by atoms with Crippen molar-refractivity contribution in [2.75, 3.05) is 5.32 Å². The summed E-state index contributed by atoms with van der Waals surface area (Å²) < 4.78 is 1.85. The molecule has 1 N–H and O–H groups in total. The molecule has 0 aliphatic carbocycles. The molecule has 0 aliphatic heterocycles. The number of aromatic nitrogens is 4. The van der Waals surface area contributed by atoms with Crippen LogP contribution in [0.3, 0.4) is 0 Å². The summed E-state index contributed by atoms with van der Waals surface area (Å²) >= 11 is 3.07. The van der Waals surface area contributed by atoms with Gasteiger partial charge in [-0.15, -0.1) is 22.7 Å². The van der Waals surface area contributed by atoms with Gasteiger partial charge in [-0.3, -0.25) is 10.1 Å². The van der Waals surface area contributed by atoms with E-state index in [-0.39, 0.29) is 11.9 Å². The quantitative estimate of drug-likeness (QED) is 0.522. The van der Waals surface area contributed by atoms with E-state index in [0.29, 0.717) is 16.3 Å². The van der Waals surface area contributed by atoms with Crippen LogP contribution in [0.2, 0.25) is 0 Å². The van der Waals surface area contributed by atoms with E-state index < -0.39 is 0 Å². The van der Waals surface area contributed by atoms with Crippen molar-refractivity contribution in [1.29, 1.82) is 0 Å². The molecular weight excluding hydrogens is 378 g/mol. The lowest BCUT2D eigenvalue weighted by atomic mass is 10.1. The summed E-state index contributed by atoms with van der Waals surface area (Å²) in [5.74, 6) is -0.197. The first kappa shape index (κ1) is 17.8. The fraction of sp³-hybridized carbons (Fsp3) is 0.263. The predicted molar refractivity (Wildman–Crippen MR) is 111 cm³/mol. The normalized spacial score (nSPS) is 11.4. The molecule has 27 heavy (non-hydrogen) atoms. The molecule has 1 amide bonds. The van der Waals surface area contributed by atoms with Crippen molar-refractivity contribution in [3.8, 4) is 10.6 Å². The Morgan fingerprint density at radius 2 is 2.07 bits per heavy atom. The summed E-state index contributed by atoms with van der Waals surface area (Å²) in [4.78, 5) is 24.4. The number of fused-ring (bicyclic) bond motifs is 1. The van der Waals surface area contributed by atoms with Gasteiger partial charge in [-0.2, -0.15) is 5.10 Å². The molecule has 0 saturated heterocycles. The topological polar surface area (TPSA) is 72.7 Å². The number of thiazole rings is 1. The van der Waals surface area contributed by atoms with E-state index in [1.165, 1.54) is 11.3 Å². The van der Waals surface area contributed by atoms with Crippen LogP contribution < -0.4 is 5.32 Å². The first-order valence-electron chi connectivity index (χ1n) is 8.61. The van der Waals surface area contributed by atoms with Gasteiger partial charge in [-0.1, -0.05) is 6.07 Å². The molecular formula is C19H19N5OS2. The molecule has 6 nitrogen and oxygen atoms in total. The number of hydrogen-bond acceptors (Lipinski definition) is 6. The number of nitrogens with zero attached hydrogens (tertiary/aromatic N) is 4. The van der Waals surface area contributed by atoms with E-state index in [2.05, 4.69) is 15.4 Å². The van der Waals surface area contributed by atoms with Crippen LogP contribution in [0.15, 0.2) is 29.8 Å². The smallest absolute Gasteiger partial charge is 0.258 e. The number of aryl methyl sites for hydroxylation is 2. The van der Waals surface area contributed by atoms with Gasteiger partial charge in [0.25, 0.3) is 5.91 Å². The van der Waals surface area contributed by atoms with Crippen LogP contribution in [0.1, 0.15) is 40.8 Å². The molecule has 4 aromatic heterocycles. The average Bonchev–Trinajstić information content (AvgIpc) is 3.34. The number of carbonyl (C=O) groups is 1. The molecule has 0 aromatic carbocycles. The molecule has 0 radical (unpaired) electrons. The standard InChI is InChI=1S/C19H19N5OS2/c1-10(2)24-17-14(9-20-24)13(8-15(22-17)16-6-5-7-26-16)18(25)23-19-21-11(3)12(4)27-19/h5-10H,1-4H3,(H,21,23,25). The number of thiophene rings is 1. The third-order valence-electron chi connectivity index (χ3n) is 4.32. The summed E-state index contributed by atoms with van der Waals surface area (Å²) in [6, 6.07) is 5.97. The zero-order valence-electron chi connectivity index (χ0n) is 15.5. The van der Waals surface area contributed by atoms with Crippen molar-refractivity contribution in [2.24, 2.45) is 0 Å². The number of rotatable bonds is 4. The minimum atomic E-state index is -0.197. The highest BCUT2D eigenvalue weighted by Gasteiger charge is 2.20. The van der Waals surface area contributed by atoms with E-state index in [4.69, 9.17) is 4.98 Å². The van der Waals surface area contributed by atoms with E-state index in [9.17, 15) is 4.79 Å². The Balaban J connectivity index is 1.84. The fourth-order valence-electron chi connectivity index (χ4n) is 2.82. The van der Waals surface area contributed by atoms with Crippen LogP contribution in [-0.4, -0.2) is 25.7 Å². The first-order chi connectivity index (χ1) is 12.9. The van der Waals surface area contributed by atoms with Gasteiger partial charge in [0.1, 0.15) is 0 Å². The summed E-state index contributed by atoms with van der Waals surface area (Å²) in [7, 11) is 0. The van der Waals surface area contributed by atoms with Crippen molar-refractivity contribution in [1.82, 2.24) is 19.7 Å². The first-order valence-corrected chi connectivity index (χ1v) is 10.3. The molecule has 138 valence electrons. The molecule has 4 aromatic rings. The molecule has 0 fully saturated rings. The van der Waals surface area contributed by atoms with E-state index >= 15 is 0 Å². The Bertz CT molecular complexity index is 1110. The van der Waals surface area contributed by atoms with Crippen molar-refractivity contribution in [2.45, 2.75) is 33.7 Å². The number of nitrogens with one attached hydrogen (secondary N) is 1. The van der Waals surface area contributed by atoms with Crippen molar-refractivity contribution in [3.63, 3.8) is 0 Å². The van der Waals surface area contributed by atoms with Crippen LogP contribution >= 0.6 is 22.7 Å². The van der Waals surface area contributed by atoms with Crippen molar-refractivity contribution >= 4 is 44.7 Å². The van der Waals surface area contributed by atoms with Crippen LogP contribution in [-0.2, 0) is 0 Å². The monoisotopic (exact) mass is 397 g/mol. The summed E-state index contributed by atoms with van der Waals surface area (Å²) in [6.45, 7) is 8.03. The Kier molecular flexibility index (Phi) is 4.53. The number of carbonyl (C=O) groups excluding carboxylic acids is 1. The van der Waals surface area contributed by atoms with Crippen molar-refractivity contribution in [3.05, 3.63) is 45.9 Å². The maximum Gasteiger partial charge on any atom is 0.258 e. The Hall–Kier alpha value is -2.58. The van der Waals surface area contributed by atoms with E-state index in [1.807, 2.05) is 56.0 Å². The van der Waals surface area contributed by atoms with Gasteiger partial charge >= 0.3 is 0 Å². The highest BCUT2D eigenvalue weighted by atomic mass is 32.1. The lowest BCUT2D eigenvalue weighted by Crippen LogP contribution is -2.13. The maximum atomic E-state index is 13.0. The molecule has 0 saturated carbocycles. The van der Waals surface area contributed by atoms with Crippen LogP contribution in [0, 0.1) is 13.8 Å². The summed E-state index contributed by atoms with van der Waals surface area (Å²) in [6.07, 6.45) is 1.72. The second-order valence-electron chi connectivity index (χ2n) is 6.57. The molecule has 0 unspecified atom stereocenters. The van der Waals surface area contributed by atoms with Gasteiger partial charge in [-0.25, -0.2) is 14.6 Å². The molecule has 0 atom stereocenters. The summed E-state index contributed by atoms with van der Waals surface area (Å²) in [5.41, 5.74) is 2.98. The zero-order valence-corrected chi connectivity index (χ0v) is 17.1. The van der Waals surface area contributed by atoms with Gasteiger partial charge in [0.2, 0.25) is 0 Å². The van der Waals surface area contributed by atoms with Gasteiger partial charge in [0.15, 0.2) is 10.8 Å². The highest BCUT2D eigenvalue weighted by molar-refractivity contribution is 7.15. The predicted octanol–water partition coefficient (Wildman–Crippen LogP) is 5.07. The van der Waals surface area contributed by atoms with Crippen LogP contribution in [0.25, 0.3) is 21.6 Å². The second kappa shape index (κ2) is 6.86. The van der Waals surface area contributed by atoms with Gasteiger partial charge < -0.3 is 0 Å². The largest absolute Gasteiger partial charge is 0.298 e. The fourth-order valence-corrected chi connectivity index (χ4v) is 4.32. The van der Waals surface area contributed by atoms with Crippen LogP contribution in [0.5, 0.6) is 0 Å². The lowest BCUT2D eigenvalue weighted by Gasteiger charge is -2.09. The number of anilines is 1. The Labute approximate surface area is 164 Å². The zero-order chi connectivity index (χ0) is 19.1. The van der Waals surface area contributed by atoms with E-state index in [1.54, 1.807) is 17.5 Å². The molecule has 4 rings (SSSR count). The second-order valence-corrected chi connectivity index (χ2v) is 8.72. The maximum absolute atomic E-state index is 13.0. The molecule has 0 spiro atoms. The number of hydrogen-bond donors (Lipinski definition) is 1. The molecule has 0 bridgehead atoms. The highest BCUT2D eigenvalue weighted by Crippen LogP contribution is 2.30. The number of amides is 1. The average molecular weight is 398 g/mol. The Morgan fingerprint density at radius 3 is 2.70 bits per heavy atom. The Morgan fingerprint density at radius 1 is 1.26 bits per heavy atom. The molecule has 8 heteroatoms. The third kappa shape index (κ3) is 3.26. The minimum absolute atomic E-state index is 0.147. The van der Waals surface area contributed by atoms with Crippen LogP contribution in [0.4, 0.5) is 5.13 Å². The molecule has 0 aliphatic rings. The molecule has 4 heterocycles. The van der Waals surface area contributed by atoms with Gasteiger partial charge in [0, 0.05) is 10.9 Å². The SMILES string of the molecule is Cc1nc(NC(=O)c2cc(-c3cccs3)nc3c2cnn3C(C)C)sc1C. The summed E-state index contributed by atoms with van der Waals surface area (Å²) in [5, 5.41) is 10.7. The van der Waals surface area contributed by atoms with Crippen molar-refractivity contribution < 1.29 is 4.79 Å². The van der Waals surface area contributed by atoms with E-state index in [0.717, 1.165) is 26.5 Å². The lowest BCUT2D eigenvalue weighted by molar-refractivity contribution is 0.102. The van der Waals surface area contributed by atoms with Gasteiger partial charge in [-0.05, 0) is 45.2 Å².